The molecule has 2 aromatic rings. The van der Waals surface area contributed by atoms with Crippen molar-refractivity contribution in [1.82, 2.24) is 10.2 Å². The fourth-order valence-corrected chi connectivity index (χ4v) is 4.34. The van der Waals surface area contributed by atoms with Crippen LogP contribution in [0.1, 0.15) is 40.5 Å². The highest BCUT2D eigenvalue weighted by Crippen LogP contribution is 2.28. The zero-order valence-electron chi connectivity index (χ0n) is 14.7. The summed E-state index contributed by atoms with van der Waals surface area (Å²) in [6, 6.07) is 9.57. The summed E-state index contributed by atoms with van der Waals surface area (Å²) in [7, 11) is 1.56. The Labute approximate surface area is 169 Å². The Morgan fingerprint density at radius 2 is 2.08 bits per heavy atom. The lowest BCUT2D eigenvalue weighted by Crippen LogP contribution is -2.40. The third kappa shape index (κ3) is 5.13. The van der Waals surface area contributed by atoms with E-state index in [1.807, 2.05) is 0 Å². The van der Waals surface area contributed by atoms with Gasteiger partial charge in [-0.1, -0.05) is 24.1 Å². The van der Waals surface area contributed by atoms with E-state index >= 15 is 0 Å². The predicted octanol–water partition coefficient (Wildman–Crippen LogP) is 4.79. The van der Waals surface area contributed by atoms with E-state index in [0.717, 1.165) is 13.1 Å². The van der Waals surface area contributed by atoms with E-state index in [4.69, 9.17) is 16.3 Å². The van der Waals surface area contributed by atoms with Crippen molar-refractivity contribution in [3.8, 4) is 5.75 Å². The lowest BCUT2D eigenvalue weighted by atomic mass is 10.1. The van der Waals surface area contributed by atoms with Gasteiger partial charge in [0.2, 0.25) is 0 Å². The molecular weight excluding hydrogens is 391 g/mol. The van der Waals surface area contributed by atoms with Gasteiger partial charge in [-0.3, -0.25) is 9.69 Å². The number of thiophene rings is 1. The van der Waals surface area contributed by atoms with Crippen molar-refractivity contribution in [2.45, 2.75) is 25.3 Å². The average molecular weight is 415 g/mol. The van der Waals surface area contributed by atoms with E-state index < -0.39 is 0 Å². The molecule has 2 heterocycles. The molecule has 0 radical (unpaired) electrons. The number of amides is 1. The van der Waals surface area contributed by atoms with E-state index in [0.29, 0.717) is 22.9 Å². The van der Waals surface area contributed by atoms with Gasteiger partial charge >= 0.3 is 0 Å². The average Bonchev–Trinajstić information content (AvgIpc) is 3.17. The minimum absolute atomic E-state index is 0. The molecular formula is C19H24Cl2N2O2S. The number of nitrogens with zero attached hydrogens (tertiary/aromatic N) is 1. The number of halogens is 2. The second kappa shape index (κ2) is 10.2. The van der Waals surface area contributed by atoms with Crippen molar-refractivity contribution in [2.75, 3.05) is 26.7 Å². The fourth-order valence-electron chi connectivity index (χ4n) is 3.22. The Morgan fingerprint density at radius 1 is 1.31 bits per heavy atom. The quantitative estimate of drug-likeness (QED) is 0.738. The molecule has 1 fully saturated rings. The van der Waals surface area contributed by atoms with E-state index in [-0.39, 0.29) is 24.4 Å². The van der Waals surface area contributed by atoms with Gasteiger partial charge < -0.3 is 10.1 Å². The van der Waals surface area contributed by atoms with Gasteiger partial charge in [0, 0.05) is 17.0 Å². The number of nitrogens with one attached hydrogen (secondary N) is 1. The maximum atomic E-state index is 12.5. The summed E-state index contributed by atoms with van der Waals surface area (Å²) in [5.41, 5.74) is 0.550. The van der Waals surface area contributed by atoms with Crippen LogP contribution >= 0.6 is 35.3 Å². The number of likely N-dealkylation sites (tertiary alicyclic amines) is 1. The first-order chi connectivity index (χ1) is 12.2. The summed E-state index contributed by atoms with van der Waals surface area (Å²) >= 11 is 7.88. The number of benzene rings is 1. The first-order valence-corrected chi connectivity index (χ1v) is 9.84. The molecule has 0 bridgehead atoms. The number of hydrogen-bond donors (Lipinski definition) is 1. The number of methoxy groups -OCH3 is 1. The monoisotopic (exact) mass is 414 g/mol. The Balaban J connectivity index is 0.00000243. The van der Waals surface area contributed by atoms with Crippen LogP contribution < -0.4 is 10.1 Å². The number of rotatable bonds is 6. The van der Waals surface area contributed by atoms with Crippen LogP contribution in [0.5, 0.6) is 5.75 Å². The first kappa shape index (κ1) is 21.0. The van der Waals surface area contributed by atoms with E-state index in [9.17, 15) is 4.79 Å². The third-order valence-corrected chi connectivity index (χ3v) is 5.84. The molecule has 7 heteroatoms. The molecule has 3 rings (SSSR count). The van der Waals surface area contributed by atoms with Crippen LogP contribution in [-0.2, 0) is 0 Å². The highest BCUT2D eigenvalue weighted by atomic mass is 35.5. The van der Waals surface area contributed by atoms with E-state index in [1.165, 1.54) is 24.1 Å². The SMILES string of the molecule is COc1ccc(C(=O)NCC(c2cccs2)N2CCCCC2)cc1Cl.Cl. The molecule has 1 saturated heterocycles. The lowest BCUT2D eigenvalue weighted by Gasteiger charge is -2.34. The number of hydrogen-bond acceptors (Lipinski definition) is 4. The maximum Gasteiger partial charge on any atom is 0.251 e. The van der Waals surface area contributed by atoms with Gasteiger partial charge in [0.1, 0.15) is 5.75 Å². The summed E-state index contributed by atoms with van der Waals surface area (Å²) in [5.74, 6) is 0.464. The van der Waals surface area contributed by atoms with Crippen LogP contribution in [0.15, 0.2) is 35.7 Å². The number of carbonyl (C=O) groups is 1. The van der Waals surface area contributed by atoms with Crippen molar-refractivity contribution in [2.24, 2.45) is 0 Å². The smallest absolute Gasteiger partial charge is 0.251 e. The van der Waals surface area contributed by atoms with Gasteiger partial charge in [-0.05, 0) is 55.6 Å². The van der Waals surface area contributed by atoms with Gasteiger partial charge in [0.15, 0.2) is 0 Å². The zero-order valence-corrected chi connectivity index (χ0v) is 17.1. The van der Waals surface area contributed by atoms with Gasteiger partial charge in [-0.2, -0.15) is 0 Å². The molecule has 1 aliphatic heterocycles. The minimum Gasteiger partial charge on any atom is -0.495 e. The predicted molar refractivity (Wildman–Crippen MR) is 110 cm³/mol. The van der Waals surface area contributed by atoms with Crippen molar-refractivity contribution in [3.05, 3.63) is 51.2 Å². The zero-order chi connectivity index (χ0) is 17.6. The molecule has 0 saturated carbocycles. The van der Waals surface area contributed by atoms with Crippen LogP contribution in [0.4, 0.5) is 0 Å². The van der Waals surface area contributed by atoms with Gasteiger partial charge in [-0.15, -0.1) is 23.7 Å². The number of piperidine rings is 1. The molecule has 0 aliphatic carbocycles. The van der Waals surface area contributed by atoms with Crippen LogP contribution in [-0.4, -0.2) is 37.6 Å². The number of carbonyl (C=O) groups excluding carboxylic acids is 1. The van der Waals surface area contributed by atoms with Crippen molar-refractivity contribution in [3.63, 3.8) is 0 Å². The second-order valence-corrected chi connectivity index (χ2v) is 7.57. The van der Waals surface area contributed by atoms with E-state index in [1.54, 1.807) is 36.6 Å². The minimum atomic E-state index is -0.108. The standard InChI is InChI=1S/C19H23ClN2O2S.ClH/c1-24-17-8-7-14(12-15(17)20)19(23)21-13-16(18-6-5-11-25-18)22-9-3-2-4-10-22;/h5-8,11-12,16H,2-4,9-10,13H2,1H3,(H,21,23);1H. The Kier molecular flexibility index (Phi) is 8.22. The molecule has 4 nitrogen and oxygen atoms in total. The lowest BCUT2D eigenvalue weighted by molar-refractivity contribution is 0.0925. The van der Waals surface area contributed by atoms with Crippen molar-refractivity contribution < 1.29 is 9.53 Å². The van der Waals surface area contributed by atoms with Crippen LogP contribution in [0.25, 0.3) is 0 Å². The fraction of sp³-hybridized carbons (Fsp3) is 0.421. The van der Waals surface area contributed by atoms with Gasteiger partial charge in [0.05, 0.1) is 18.2 Å². The van der Waals surface area contributed by atoms with Crippen molar-refractivity contribution >= 4 is 41.3 Å². The first-order valence-electron chi connectivity index (χ1n) is 8.58. The molecule has 0 spiro atoms. The molecule has 1 unspecified atom stereocenters. The summed E-state index contributed by atoms with van der Waals surface area (Å²) in [4.78, 5) is 16.3. The Bertz CT molecular complexity index is 704. The van der Waals surface area contributed by atoms with Crippen LogP contribution in [0, 0.1) is 0 Å². The summed E-state index contributed by atoms with van der Waals surface area (Å²) in [6.45, 7) is 2.78. The van der Waals surface area contributed by atoms with Crippen LogP contribution in [0.2, 0.25) is 5.02 Å². The number of ether oxygens (including phenoxy) is 1. The Morgan fingerprint density at radius 3 is 2.69 bits per heavy atom. The molecule has 1 aliphatic rings. The second-order valence-electron chi connectivity index (χ2n) is 6.19. The van der Waals surface area contributed by atoms with Crippen molar-refractivity contribution in [1.29, 1.82) is 0 Å². The maximum absolute atomic E-state index is 12.5. The van der Waals surface area contributed by atoms with Gasteiger partial charge in [-0.25, -0.2) is 0 Å². The molecule has 26 heavy (non-hydrogen) atoms. The molecule has 1 atom stereocenters. The van der Waals surface area contributed by atoms with Gasteiger partial charge in [0.25, 0.3) is 5.91 Å². The van der Waals surface area contributed by atoms with Crippen LogP contribution in [0.3, 0.4) is 0 Å². The molecule has 1 aromatic heterocycles. The molecule has 1 aromatic carbocycles. The summed E-state index contributed by atoms with van der Waals surface area (Å²) < 4.78 is 5.14. The summed E-state index contributed by atoms with van der Waals surface area (Å²) in [6.07, 6.45) is 3.75. The summed E-state index contributed by atoms with van der Waals surface area (Å²) in [5, 5.41) is 5.62. The molecule has 1 amide bonds. The van der Waals surface area contributed by atoms with E-state index in [2.05, 4.69) is 27.7 Å². The highest BCUT2D eigenvalue weighted by molar-refractivity contribution is 7.10. The Hall–Kier alpha value is -1.27. The molecule has 1 N–H and O–H groups in total. The third-order valence-electron chi connectivity index (χ3n) is 4.57. The largest absolute Gasteiger partial charge is 0.495 e. The molecule has 142 valence electrons. The highest BCUT2D eigenvalue weighted by Gasteiger charge is 2.23. The normalized spacial score (nSPS) is 15.8. The topological polar surface area (TPSA) is 41.6 Å².